The normalized spacial score (nSPS) is 10.2. The van der Waals surface area contributed by atoms with E-state index in [1.165, 1.54) is 29.5 Å². The first-order valence-corrected chi connectivity index (χ1v) is 7.35. The van der Waals surface area contributed by atoms with E-state index in [-0.39, 0.29) is 16.3 Å². The van der Waals surface area contributed by atoms with Gasteiger partial charge in [0.25, 0.3) is 0 Å². The first-order chi connectivity index (χ1) is 9.95. The second-order valence-electron chi connectivity index (χ2n) is 4.01. The lowest BCUT2D eigenvalue weighted by molar-refractivity contribution is 0.0697. The molecule has 2 amide bonds. The summed E-state index contributed by atoms with van der Waals surface area (Å²) in [5.41, 5.74) is 0.276. The smallest absolute Gasteiger partial charge is 0.335 e. The number of hydrogen-bond donors (Lipinski definition) is 3. The summed E-state index contributed by atoms with van der Waals surface area (Å²) in [6.45, 7) is 0.319. The number of carboxylic acids is 1. The van der Waals surface area contributed by atoms with Gasteiger partial charge in [0, 0.05) is 4.88 Å². The maximum Gasteiger partial charge on any atom is 0.335 e. The third kappa shape index (κ3) is 4.35. The zero-order valence-corrected chi connectivity index (χ0v) is 12.9. The van der Waals surface area contributed by atoms with Crippen LogP contribution in [-0.4, -0.2) is 17.1 Å². The summed E-state index contributed by atoms with van der Waals surface area (Å²) in [6.07, 6.45) is 0. The minimum atomic E-state index is -1.09. The molecule has 1 aromatic heterocycles. The SMILES string of the molecule is O=C(NCc1ccc(Cl)s1)Nc1cc(C(=O)O)ccc1Cl. The van der Waals surface area contributed by atoms with Gasteiger partial charge < -0.3 is 15.7 Å². The molecule has 0 fully saturated rings. The molecule has 110 valence electrons. The quantitative estimate of drug-likeness (QED) is 0.781. The van der Waals surface area contributed by atoms with Gasteiger partial charge in [0.05, 0.1) is 27.2 Å². The van der Waals surface area contributed by atoms with Crippen molar-refractivity contribution in [3.05, 3.63) is 50.1 Å². The summed E-state index contributed by atoms with van der Waals surface area (Å²) in [5.74, 6) is -1.09. The molecule has 0 bridgehead atoms. The Bertz CT molecular complexity index is 688. The lowest BCUT2D eigenvalue weighted by Crippen LogP contribution is -2.28. The highest BCUT2D eigenvalue weighted by Crippen LogP contribution is 2.23. The van der Waals surface area contributed by atoms with Gasteiger partial charge in [-0.05, 0) is 30.3 Å². The Labute approximate surface area is 134 Å². The van der Waals surface area contributed by atoms with Crippen LogP contribution in [0.25, 0.3) is 0 Å². The van der Waals surface area contributed by atoms with Crippen molar-refractivity contribution in [1.82, 2.24) is 5.32 Å². The van der Waals surface area contributed by atoms with Gasteiger partial charge in [-0.2, -0.15) is 0 Å². The number of aromatic carboxylic acids is 1. The Kier molecular flexibility index (Phi) is 5.06. The van der Waals surface area contributed by atoms with Crippen LogP contribution < -0.4 is 10.6 Å². The van der Waals surface area contributed by atoms with Gasteiger partial charge in [0.1, 0.15) is 0 Å². The van der Waals surface area contributed by atoms with Gasteiger partial charge in [-0.3, -0.25) is 0 Å². The van der Waals surface area contributed by atoms with Crippen molar-refractivity contribution in [1.29, 1.82) is 0 Å². The predicted molar refractivity (Wildman–Crippen MR) is 83.6 cm³/mol. The van der Waals surface area contributed by atoms with E-state index in [2.05, 4.69) is 10.6 Å². The Morgan fingerprint density at radius 2 is 1.95 bits per heavy atom. The van der Waals surface area contributed by atoms with Gasteiger partial charge in [-0.15, -0.1) is 11.3 Å². The topological polar surface area (TPSA) is 78.4 Å². The summed E-state index contributed by atoms with van der Waals surface area (Å²) in [4.78, 5) is 23.6. The van der Waals surface area contributed by atoms with Crippen molar-refractivity contribution >= 4 is 52.2 Å². The maximum absolute atomic E-state index is 11.8. The molecular formula is C13H10Cl2N2O3S. The molecule has 0 aliphatic rings. The number of urea groups is 1. The first kappa shape index (κ1) is 15.6. The van der Waals surface area contributed by atoms with Gasteiger partial charge in [-0.25, -0.2) is 9.59 Å². The molecule has 0 aliphatic carbocycles. The number of amides is 2. The van der Waals surface area contributed by atoms with Crippen molar-refractivity contribution in [2.75, 3.05) is 5.32 Å². The third-order valence-electron chi connectivity index (χ3n) is 2.51. The third-order valence-corrected chi connectivity index (χ3v) is 4.07. The zero-order valence-electron chi connectivity index (χ0n) is 10.5. The van der Waals surface area contributed by atoms with Gasteiger partial charge in [-0.1, -0.05) is 23.2 Å². The summed E-state index contributed by atoms with van der Waals surface area (Å²) in [7, 11) is 0. The summed E-state index contributed by atoms with van der Waals surface area (Å²) < 4.78 is 0.643. The largest absolute Gasteiger partial charge is 0.478 e. The lowest BCUT2D eigenvalue weighted by atomic mass is 10.2. The van der Waals surface area contributed by atoms with E-state index < -0.39 is 12.0 Å². The van der Waals surface area contributed by atoms with Crippen LogP contribution >= 0.6 is 34.5 Å². The summed E-state index contributed by atoms with van der Waals surface area (Å²) in [5, 5.41) is 14.3. The monoisotopic (exact) mass is 344 g/mol. The summed E-state index contributed by atoms with van der Waals surface area (Å²) in [6, 6.07) is 7.15. The van der Waals surface area contributed by atoms with Crippen LogP contribution in [-0.2, 0) is 6.54 Å². The van der Waals surface area contributed by atoms with Crippen LogP contribution in [0.5, 0.6) is 0 Å². The van der Waals surface area contributed by atoms with E-state index in [4.69, 9.17) is 28.3 Å². The summed E-state index contributed by atoms with van der Waals surface area (Å²) >= 11 is 13.1. The fourth-order valence-electron chi connectivity index (χ4n) is 1.53. The number of anilines is 1. The fraction of sp³-hybridized carbons (Fsp3) is 0.0769. The Morgan fingerprint density at radius 3 is 2.57 bits per heavy atom. The molecule has 0 radical (unpaired) electrons. The number of carbonyl (C=O) groups excluding carboxylic acids is 1. The van der Waals surface area contributed by atoms with Crippen LogP contribution in [0.3, 0.4) is 0 Å². The molecule has 1 heterocycles. The average molecular weight is 345 g/mol. The molecule has 8 heteroatoms. The molecule has 0 atom stereocenters. The van der Waals surface area contributed by atoms with Crippen LogP contribution in [0.4, 0.5) is 10.5 Å². The number of benzene rings is 1. The molecule has 5 nitrogen and oxygen atoms in total. The molecule has 1 aromatic carbocycles. The van der Waals surface area contributed by atoms with Crippen molar-refractivity contribution < 1.29 is 14.7 Å². The highest BCUT2D eigenvalue weighted by molar-refractivity contribution is 7.16. The van der Waals surface area contributed by atoms with Crippen LogP contribution in [0.15, 0.2) is 30.3 Å². The molecule has 0 aliphatic heterocycles. The van der Waals surface area contributed by atoms with Crippen molar-refractivity contribution in [2.45, 2.75) is 6.54 Å². The predicted octanol–water partition coefficient (Wildman–Crippen LogP) is 4.07. The molecule has 0 saturated heterocycles. The van der Waals surface area contributed by atoms with E-state index in [1.54, 1.807) is 6.07 Å². The number of hydrogen-bond acceptors (Lipinski definition) is 3. The standard InChI is InChI=1S/C13H10Cl2N2O3S/c14-9-3-1-7(12(18)19)5-10(9)17-13(20)16-6-8-2-4-11(15)21-8/h1-5H,6H2,(H,18,19)(H2,16,17,20). The maximum atomic E-state index is 11.8. The molecule has 21 heavy (non-hydrogen) atoms. The number of rotatable bonds is 4. The molecule has 0 saturated carbocycles. The molecule has 2 rings (SSSR count). The molecule has 3 N–H and O–H groups in total. The van der Waals surface area contributed by atoms with E-state index in [0.29, 0.717) is 10.9 Å². The lowest BCUT2D eigenvalue weighted by Gasteiger charge is -2.09. The number of nitrogens with one attached hydrogen (secondary N) is 2. The molecule has 2 aromatic rings. The number of halogens is 2. The van der Waals surface area contributed by atoms with Crippen LogP contribution in [0.1, 0.15) is 15.2 Å². The second kappa shape index (κ2) is 6.80. The van der Waals surface area contributed by atoms with Crippen molar-refractivity contribution in [2.24, 2.45) is 0 Å². The molecular weight excluding hydrogens is 335 g/mol. The fourth-order valence-corrected chi connectivity index (χ4v) is 2.73. The Hall–Kier alpha value is -1.76. The van der Waals surface area contributed by atoms with E-state index in [9.17, 15) is 9.59 Å². The minimum absolute atomic E-state index is 0.0414. The van der Waals surface area contributed by atoms with Crippen molar-refractivity contribution in [3.8, 4) is 0 Å². The van der Waals surface area contributed by atoms with Gasteiger partial charge >= 0.3 is 12.0 Å². The zero-order chi connectivity index (χ0) is 15.4. The number of carboxylic acid groups (broad SMARTS) is 1. The Morgan fingerprint density at radius 1 is 1.19 bits per heavy atom. The highest BCUT2D eigenvalue weighted by Gasteiger charge is 2.10. The van der Waals surface area contributed by atoms with Crippen LogP contribution in [0, 0.1) is 0 Å². The van der Waals surface area contributed by atoms with E-state index in [0.717, 1.165) is 4.88 Å². The van der Waals surface area contributed by atoms with E-state index >= 15 is 0 Å². The van der Waals surface area contributed by atoms with E-state index in [1.807, 2.05) is 6.07 Å². The Balaban J connectivity index is 1.99. The highest BCUT2D eigenvalue weighted by atomic mass is 35.5. The van der Waals surface area contributed by atoms with Gasteiger partial charge in [0.2, 0.25) is 0 Å². The molecule has 0 spiro atoms. The van der Waals surface area contributed by atoms with Crippen LogP contribution in [0.2, 0.25) is 9.36 Å². The average Bonchev–Trinajstić information content (AvgIpc) is 2.84. The van der Waals surface area contributed by atoms with Gasteiger partial charge in [0.15, 0.2) is 0 Å². The molecule has 0 unspecified atom stereocenters. The second-order valence-corrected chi connectivity index (χ2v) is 6.22. The number of carbonyl (C=O) groups is 2. The minimum Gasteiger partial charge on any atom is -0.478 e. The van der Waals surface area contributed by atoms with Crippen molar-refractivity contribution in [3.63, 3.8) is 0 Å². The first-order valence-electron chi connectivity index (χ1n) is 5.77. The number of thiophene rings is 1.